The van der Waals surface area contributed by atoms with Gasteiger partial charge >= 0.3 is 5.97 Å². The van der Waals surface area contributed by atoms with Crippen molar-refractivity contribution in [3.8, 4) is 0 Å². The predicted molar refractivity (Wildman–Crippen MR) is 148 cm³/mol. The lowest BCUT2D eigenvalue weighted by atomic mass is 10.1. The largest absolute Gasteiger partial charge is 0.378 e. The lowest BCUT2D eigenvalue weighted by Crippen LogP contribution is -2.54. The van der Waals surface area contributed by atoms with Crippen LogP contribution >= 0.6 is 0 Å². The zero-order valence-electron chi connectivity index (χ0n) is 22.3. The lowest BCUT2D eigenvalue weighted by Gasteiger charge is -2.41. The summed E-state index contributed by atoms with van der Waals surface area (Å²) in [5.74, 6) is -3.21. The predicted octanol–water partition coefficient (Wildman–Crippen LogP) is 4.77. The Kier molecular flexibility index (Phi) is 8.64. The number of fused-ring (bicyclic) bond motifs is 1. The van der Waals surface area contributed by atoms with Gasteiger partial charge in [-0.25, -0.2) is 13.6 Å². The Morgan fingerprint density at radius 2 is 1.57 bits per heavy atom. The van der Waals surface area contributed by atoms with Crippen LogP contribution in [0, 0.1) is 11.6 Å². The normalized spacial score (nSPS) is 16.3. The van der Waals surface area contributed by atoms with Gasteiger partial charge in [-0.1, -0.05) is 60.7 Å². The van der Waals surface area contributed by atoms with Crippen molar-refractivity contribution in [3.05, 3.63) is 118 Å². The van der Waals surface area contributed by atoms with E-state index in [0.29, 0.717) is 13.1 Å². The quantitative estimate of drug-likeness (QED) is 0.222. The summed E-state index contributed by atoms with van der Waals surface area (Å²) in [6, 6.07) is 22.0. The van der Waals surface area contributed by atoms with E-state index < -0.39 is 23.0 Å². The van der Waals surface area contributed by atoms with E-state index in [1.54, 1.807) is 6.92 Å². The first-order chi connectivity index (χ1) is 19.4. The van der Waals surface area contributed by atoms with E-state index in [0.717, 1.165) is 38.3 Å². The summed E-state index contributed by atoms with van der Waals surface area (Å²) < 4.78 is 29.2. The van der Waals surface area contributed by atoms with E-state index in [-0.39, 0.29) is 29.1 Å². The molecular formula is C31H31F2N3O4. The molecule has 208 valence electrons. The van der Waals surface area contributed by atoms with Crippen LogP contribution in [-0.4, -0.2) is 52.6 Å². The number of piperazine rings is 1. The second-order valence-corrected chi connectivity index (χ2v) is 9.93. The molecule has 3 aromatic carbocycles. The molecule has 7 nitrogen and oxygen atoms in total. The van der Waals surface area contributed by atoms with Gasteiger partial charge in [0.2, 0.25) is 5.43 Å². The minimum atomic E-state index is -1.16. The van der Waals surface area contributed by atoms with Crippen molar-refractivity contribution in [1.82, 2.24) is 14.4 Å². The highest BCUT2D eigenvalue weighted by Crippen LogP contribution is 2.19. The Hall–Kier alpha value is -3.92. The first-order valence-corrected chi connectivity index (χ1v) is 13.3. The summed E-state index contributed by atoms with van der Waals surface area (Å²) in [5, 5.41) is -0.104. The number of hydrogen-bond donors (Lipinski definition) is 0. The van der Waals surface area contributed by atoms with Crippen molar-refractivity contribution in [1.29, 1.82) is 0 Å². The van der Waals surface area contributed by atoms with Crippen molar-refractivity contribution >= 4 is 16.9 Å². The number of nitrogens with zero attached hydrogens (tertiary/aromatic N) is 3. The second-order valence-electron chi connectivity index (χ2n) is 9.93. The summed E-state index contributed by atoms with van der Waals surface area (Å²) in [7, 11) is 0. The fraction of sp³-hybridized carbons (Fsp3) is 0.290. The van der Waals surface area contributed by atoms with Gasteiger partial charge in [0.1, 0.15) is 12.2 Å². The van der Waals surface area contributed by atoms with E-state index >= 15 is 0 Å². The molecule has 1 aliphatic rings. The zero-order chi connectivity index (χ0) is 28.1. The average Bonchev–Trinajstić information content (AvgIpc) is 2.96. The molecule has 0 aliphatic carbocycles. The highest BCUT2D eigenvalue weighted by molar-refractivity contribution is 5.93. The van der Waals surface area contributed by atoms with Crippen LogP contribution in [0.15, 0.2) is 83.8 Å². The Bertz CT molecular complexity index is 1530. The molecule has 1 aliphatic heterocycles. The van der Waals surface area contributed by atoms with Gasteiger partial charge in [0, 0.05) is 56.9 Å². The van der Waals surface area contributed by atoms with Crippen LogP contribution in [0.3, 0.4) is 0 Å². The number of carbonyl (C=O) groups is 1. The van der Waals surface area contributed by atoms with Crippen LogP contribution in [0.2, 0.25) is 0 Å². The van der Waals surface area contributed by atoms with E-state index in [2.05, 4.69) is 34.1 Å². The average molecular weight is 548 g/mol. The zero-order valence-corrected chi connectivity index (χ0v) is 22.3. The molecule has 9 heteroatoms. The minimum Gasteiger partial charge on any atom is -0.347 e. The lowest BCUT2D eigenvalue weighted by molar-refractivity contribution is -0.252. The van der Waals surface area contributed by atoms with E-state index in [1.807, 2.05) is 36.4 Å². The van der Waals surface area contributed by atoms with E-state index in [9.17, 15) is 18.4 Å². The molecule has 0 saturated carbocycles. The third kappa shape index (κ3) is 6.28. The molecule has 5 rings (SSSR count). The maximum Gasteiger partial charge on any atom is 0.378 e. The standard InChI is InChI=1S/C31H31F2N3O4/c1-2-35-20-26(30(37)25-15-27(32)28(33)16-29(25)35)31(38)40-39-21-24-19-34(17-22-9-5-3-6-10-22)13-14-36(24)18-23-11-7-4-8-12-23/h3-12,15-16,20,24H,2,13-14,17-19,21H2,1H3. The molecule has 0 amide bonds. The summed E-state index contributed by atoms with van der Waals surface area (Å²) in [6.07, 6.45) is 1.29. The number of carbonyl (C=O) groups excluding carboxylic acids is 1. The maximum atomic E-state index is 13.9. The topological polar surface area (TPSA) is 64.0 Å². The van der Waals surface area contributed by atoms with Crippen LogP contribution in [-0.2, 0) is 29.4 Å². The third-order valence-corrected chi connectivity index (χ3v) is 7.24. The van der Waals surface area contributed by atoms with Crippen molar-refractivity contribution in [2.75, 3.05) is 26.2 Å². The first-order valence-electron chi connectivity index (χ1n) is 13.3. The van der Waals surface area contributed by atoms with Crippen molar-refractivity contribution in [2.45, 2.75) is 32.6 Å². The first kappa shape index (κ1) is 27.6. The molecule has 0 spiro atoms. The number of pyridine rings is 1. The van der Waals surface area contributed by atoms with Gasteiger partial charge in [-0.3, -0.25) is 19.5 Å². The summed E-state index contributed by atoms with van der Waals surface area (Å²) >= 11 is 0. The molecule has 2 heterocycles. The number of rotatable bonds is 9. The molecule has 0 N–H and O–H groups in total. The number of hydrogen-bond acceptors (Lipinski definition) is 6. The minimum absolute atomic E-state index is 0.0774. The molecule has 0 bridgehead atoms. The SMILES string of the molecule is CCn1cc(C(=O)OOCC2CN(Cc3ccccc3)CCN2Cc2ccccc2)c(=O)c2cc(F)c(F)cc21. The molecule has 40 heavy (non-hydrogen) atoms. The Morgan fingerprint density at radius 1 is 0.925 bits per heavy atom. The van der Waals surface area contributed by atoms with Gasteiger partial charge < -0.3 is 4.57 Å². The van der Waals surface area contributed by atoms with Gasteiger partial charge in [0.15, 0.2) is 11.6 Å². The highest BCUT2D eigenvalue weighted by atomic mass is 19.2. The van der Waals surface area contributed by atoms with Gasteiger partial charge in [-0.15, -0.1) is 0 Å². The Morgan fingerprint density at radius 3 is 2.25 bits per heavy atom. The Labute approximate surface area is 231 Å². The molecule has 1 aromatic heterocycles. The van der Waals surface area contributed by atoms with Gasteiger partial charge in [0.05, 0.1) is 11.6 Å². The van der Waals surface area contributed by atoms with Crippen LogP contribution in [0.25, 0.3) is 10.9 Å². The molecule has 4 aromatic rings. The Balaban J connectivity index is 1.29. The molecular weight excluding hydrogens is 516 g/mol. The number of aryl methyl sites for hydroxylation is 1. The van der Waals surface area contributed by atoms with Gasteiger partial charge in [-0.05, 0) is 24.1 Å². The summed E-state index contributed by atoms with van der Waals surface area (Å²) in [6.45, 7) is 6.08. The third-order valence-electron chi connectivity index (χ3n) is 7.24. The fourth-order valence-electron chi connectivity index (χ4n) is 5.13. The van der Waals surface area contributed by atoms with Crippen LogP contribution in [0.5, 0.6) is 0 Å². The highest BCUT2D eigenvalue weighted by Gasteiger charge is 2.28. The molecule has 1 atom stereocenters. The van der Waals surface area contributed by atoms with Gasteiger partial charge in [-0.2, -0.15) is 4.89 Å². The smallest absolute Gasteiger partial charge is 0.347 e. The molecule has 0 radical (unpaired) electrons. The van der Waals surface area contributed by atoms with E-state index in [4.69, 9.17) is 9.78 Å². The second kappa shape index (κ2) is 12.5. The number of aromatic nitrogens is 1. The number of halogens is 2. The molecule has 1 saturated heterocycles. The molecule has 1 fully saturated rings. The summed E-state index contributed by atoms with van der Waals surface area (Å²) in [4.78, 5) is 41.0. The van der Waals surface area contributed by atoms with Crippen molar-refractivity contribution in [3.63, 3.8) is 0 Å². The van der Waals surface area contributed by atoms with Crippen LogP contribution in [0.4, 0.5) is 8.78 Å². The monoisotopic (exact) mass is 547 g/mol. The van der Waals surface area contributed by atoms with Crippen molar-refractivity contribution < 1.29 is 23.4 Å². The van der Waals surface area contributed by atoms with Gasteiger partial charge in [0.25, 0.3) is 0 Å². The summed E-state index contributed by atoms with van der Waals surface area (Å²) in [5.41, 5.74) is 1.52. The van der Waals surface area contributed by atoms with Crippen LogP contribution < -0.4 is 5.43 Å². The maximum absolute atomic E-state index is 13.9. The fourth-order valence-corrected chi connectivity index (χ4v) is 5.13. The van der Waals surface area contributed by atoms with Crippen molar-refractivity contribution in [2.24, 2.45) is 0 Å². The molecule has 1 unspecified atom stereocenters. The van der Waals surface area contributed by atoms with Crippen LogP contribution in [0.1, 0.15) is 28.4 Å². The number of benzene rings is 3. The van der Waals surface area contributed by atoms with E-state index in [1.165, 1.54) is 21.9 Å².